The highest BCUT2D eigenvalue weighted by Gasteiger charge is 2.32. The van der Waals surface area contributed by atoms with Crippen molar-refractivity contribution in [3.63, 3.8) is 0 Å². The number of amides is 1. The molecule has 0 unspecified atom stereocenters. The third-order valence-corrected chi connectivity index (χ3v) is 7.08. The van der Waals surface area contributed by atoms with Crippen molar-refractivity contribution in [2.45, 2.75) is 13.2 Å². The quantitative estimate of drug-likeness (QED) is 0.180. The lowest BCUT2D eigenvalue weighted by Crippen LogP contribution is -2.27. The molecule has 1 heterocycles. The molecular formula is C25H19FINO3S2. The SMILES string of the molecule is COc1cc(C=C2SC(=S)N(Cc3ccccc3)C2=O)cc(I)c1OCc1ccc(F)cc1. The molecule has 1 aliphatic heterocycles. The molecule has 8 heteroatoms. The van der Waals surface area contributed by atoms with E-state index in [-0.39, 0.29) is 18.3 Å². The first kappa shape index (κ1) is 23.7. The van der Waals surface area contributed by atoms with Crippen LogP contribution in [0, 0.1) is 9.39 Å². The zero-order valence-corrected chi connectivity index (χ0v) is 21.4. The smallest absolute Gasteiger partial charge is 0.266 e. The lowest BCUT2D eigenvalue weighted by Gasteiger charge is -2.14. The third kappa shape index (κ3) is 5.74. The standard InChI is InChI=1S/C25H19FINO3S2/c1-30-21-12-18(11-20(27)23(21)31-15-17-7-9-19(26)10-8-17)13-22-24(29)28(25(32)33-22)14-16-5-3-2-4-6-16/h2-13H,14-15H2,1H3. The maximum absolute atomic E-state index is 13.1. The van der Waals surface area contributed by atoms with Crippen LogP contribution >= 0.6 is 46.6 Å². The minimum Gasteiger partial charge on any atom is -0.493 e. The summed E-state index contributed by atoms with van der Waals surface area (Å²) >= 11 is 8.92. The van der Waals surface area contributed by atoms with Crippen molar-refractivity contribution in [3.8, 4) is 11.5 Å². The predicted molar refractivity (Wildman–Crippen MR) is 142 cm³/mol. The molecule has 3 aromatic carbocycles. The third-order valence-electron chi connectivity index (χ3n) is 4.90. The minimum atomic E-state index is -0.288. The zero-order valence-electron chi connectivity index (χ0n) is 17.6. The number of rotatable bonds is 7. The molecule has 0 atom stereocenters. The van der Waals surface area contributed by atoms with Crippen LogP contribution in [0.15, 0.2) is 71.6 Å². The molecule has 1 fully saturated rings. The number of carbonyl (C=O) groups excluding carboxylic acids is 1. The van der Waals surface area contributed by atoms with Gasteiger partial charge in [-0.1, -0.05) is 66.4 Å². The Morgan fingerprint density at radius 2 is 1.82 bits per heavy atom. The Kier molecular flexibility index (Phi) is 7.67. The first-order chi connectivity index (χ1) is 15.9. The van der Waals surface area contributed by atoms with Crippen LogP contribution < -0.4 is 9.47 Å². The Balaban J connectivity index is 1.53. The number of benzene rings is 3. The predicted octanol–water partition coefficient (Wildman–Crippen LogP) is 6.42. The van der Waals surface area contributed by atoms with E-state index in [9.17, 15) is 9.18 Å². The van der Waals surface area contributed by atoms with E-state index in [0.29, 0.717) is 27.3 Å². The highest BCUT2D eigenvalue weighted by molar-refractivity contribution is 14.1. The Morgan fingerprint density at radius 3 is 2.52 bits per heavy atom. The van der Waals surface area contributed by atoms with Crippen molar-refractivity contribution >= 4 is 62.9 Å². The number of nitrogens with zero attached hydrogens (tertiary/aromatic N) is 1. The Hall–Kier alpha value is -2.43. The van der Waals surface area contributed by atoms with Crippen LogP contribution in [-0.4, -0.2) is 22.2 Å². The van der Waals surface area contributed by atoms with E-state index < -0.39 is 0 Å². The van der Waals surface area contributed by atoms with Crippen molar-refractivity contribution in [3.05, 3.63) is 97.7 Å². The maximum atomic E-state index is 13.1. The Labute approximate surface area is 214 Å². The van der Waals surface area contributed by atoms with E-state index in [1.165, 1.54) is 23.9 Å². The zero-order chi connectivity index (χ0) is 23.4. The van der Waals surface area contributed by atoms with Crippen LogP contribution in [0.3, 0.4) is 0 Å². The van der Waals surface area contributed by atoms with Crippen LogP contribution in [-0.2, 0) is 17.9 Å². The summed E-state index contributed by atoms with van der Waals surface area (Å²) < 4.78 is 26.0. The fraction of sp³-hybridized carbons (Fsp3) is 0.120. The largest absolute Gasteiger partial charge is 0.493 e. The van der Waals surface area contributed by atoms with E-state index in [1.54, 1.807) is 24.1 Å². The molecule has 1 aliphatic rings. The molecule has 0 N–H and O–H groups in total. The van der Waals surface area contributed by atoms with Gasteiger partial charge in [0.2, 0.25) is 0 Å². The number of methoxy groups -OCH3 is 1. The molecule has 4 rings (SSSR count). The lowest BCUT2D eigenvalue weighted by molar-refractivity contribution is -0.122. The molecule has 168 valence electrons. The van der Waals surface area contributed by atoms with Crippen LogP contribution in [0.5, 0.6) is 11.5 Å². The second kappa shape index (κ2) is 10.7. The van der Waals surface area contributed by atoms with Crippen LogP contribution in [0.1, 0.15) is 16.7 Å². The van der Waals surface area contributed by atoms with Crippen molar-refractivity contribution < 1.29 is 18.7 Å². The van der Waals surface area contributed by atoms with E-state index in [4.69, 9.17) is 21.7 Å². The molecule has 33 heavy (non-hydrogen) atoms. The van der Waals surface area contributed by atoms with Gasteiger partial charge in [-0.25, -0.2) is 4.39 Å². The summed E-state index contributed by atoms with van der Waals surface area (Å²) in [5.41, 5.74) is 2.68. The number of thioether (sulfide) groups is 1. The maximum Gasteiger partial charge on any atom is 0.266 e. The van der Waals surface area contributed by atoms with Gasteiger partial charge in [0.15, 0.2) is 11.5 Å². The van der Waals surface area contributed by atoms with Gasteiger partial charge in [-0.15, -0.1) is 0 Å². The van der Waals surface area contributed by atoms with Gasteiger partial charge in [0.1, 0.15) is 16.7 Å². The van der Waals surface area contributed by atoms with Crippen LogP contribution in [0.25, 0.3) is 6.08 Å². The van der Waals surface area contributed by atoms with Gasteiger partial charge in [-0.2, -0.15) is 0 Å². The van der Waals surface area contributed by atoms with Crippen LogP contribution in [0.4, 0.5) is 4.39 Å². The van der Waals surface area contributed by atoms with E-state index in [2.05, 4.69) is 22.6 Å². The average molecular weight is 591 g/mol. The molecule has 0 bridgehead atoms. The monoisotopic (exact) mass is 591 g/mol. The number of thiocarbonyl (C=S) groups is 1. The Morgan fingerprint density at radius 1 is 1.09 bits per heavy atom. The summed E-state index contributed by atoms with van der Waals surface area (Å²) in [6.07, 6.45) is 1.82. The van der Waals surface area contributed by atoms with Crippen molar-refractivity contribution in [2.24, 2.45) is 0 Å². The summed E-state index contributed by atoms with van der Waals surface area (Å²) in [5.74, 6) is 0.745. The number of carbonyl (C=O) groups is 1. The average Bonchev–Trinajstić information content (AvgIpc) is 3.07. The van der Waals surface area contributed by atoms with Crippen molar-refractivity contribution in [1.82, 2.24) is 4.90 Å². The summed E-state index contributed by atoms with van der Waals surface area (Å²) in [4.78, 5) is 15.2. The second-order valence-electron chi connectivity index (χ2n) is 7.20. The van der Waals surface area contributed by atoms with E-state index in [1.807, 2.05) is 48.5 Å². The number of halogens is 2. The summed E-state index contributed by atoms with van der Waals surface area (Å²) in [5, 5.41) is 0. The van der Waals surface area contributed by atoms with Gasteiger partial charge in [0, 0.05) is 0 Å². The van der Waals surface area contributed by atoms with Gasteiger partial charge in [-0.05, 0) is 69.6 Å². The van der Waals surface area contributed by atoms with Crippen molar-refractivity contribution in [1.29, 1.82) is 0 Å². The van der Waals surface area contributed by atoms with E-state index in [0.717, 1.165) is 20.3 Å². The number of ether oxygens (including phenoxy) is 2. The first-order valence-electron chi connectivity index (χ1n) is 9.98. The molecule has 4 nitrogen and oxygen atoms in total. The summed E-state index contributed by atoms with van der Waals surface area (Å²) in [6, 6.07) is 19.7. The molecule has 0 aromatic heterocycles. The minimum absolute atomic E-state index is 0.112. The van der Waals surface area contributed by atoms with Gasteiger partial charge >= 0.3 is 0 Å². The first-order valence-corrected chi connectivity index (χ1v) is 12.3. The molecule has 0 spiro atoms. The lowest BCUT2D eigenvalue weighted by atomic mass is 10.1. The molecule has 0 aliphatic carbocycles. The number of hydrogen-bond acceptors (Lipinski definition) is 5. The van der Waals surface area contributed by atoms with Crippen LogP contribution in [0.2, 0.25) is 0 Å². The molecular weight excluding hydrogens is 572 g/mol. The topological polar surface area (TPSA) is 38.8 Å². The molecule has 0 saturated carbocycles. The fourth-order valence-electron chi connectivity index (χ4n) is 3.25. The number of hydrogen-bond donors (Lipinski definition) is 0. The molecule has 0 radical (unpaired) electrons. The second-order valence-corrected chi connectivity index (χ2v) is 10.0. The summed E-state index contributed by atoms with van der Waals surface area (Å²) in [6.45, 7) is 0.726. The summed E-state index contributed by atoms with van der Waals surface area (Å²) in [7, 11) is 1.57. The van der Waals surface area contributed by atoms with Crippen molar-refractivity contribution in [2.75, 3.05) is 7.11 Å². The van der Waals surface area contributed by atoms with Gasteiger partial charge in [-0.3, -0.25) is 9.69 Å². The van der Waals surface area contributed by atoms with Gasteiger partial charge in [0.25, 0.3) is 5.91 Å². The van der Waals surface area contributed by atoms with E-state index >= 15 is 0 Å². The molecule has 3 aromatic rings. The van der Waals surface area contributed by atoms with Gasteiger partial charge < -0.3 is 9.47 Å². The van der Waals surface area contributed by atoms with Gasteiger partial charge in [0.05, 0.1) is 22.1 Å². The Bertz CT molecular complexity index is 1220. The highest BCUT2D eigenvalue weighted by atomic mass is 127. The molecule has 1 amide bonds. The normalized spacial score (nSPS) is 14.8. The highest BCUT2D eigenvalue weighted by Crippen LogP contribution is 2.38. The fourth-order valence-corrected chi connectivity index (χ4v) is 5.29. The molecule has 1 saturated heterocycles.